The predicted molar refractivity (Wildman–Crippen MR) is 108 cm³/mol. The van der Waals surface area contributed by atoms with E-state index in [2.05, 4.69) is 15.6 Å². The van der Waals surface area contributed by atoms with E-state index in [1.54, 1.807) is 6.08 Å². The molecule has 3 N–H and O–H groups in total. The number of hydrogen-bond donors (Lipinski definition) is 3. The van der Waals surface area contributed by atoms with Gasteiger partial charge in [0.25, 0.3) is 5.91 Å². The zero-order valence-electron chi connectivity index (χ0n) is 15.4. The molecule has 1 atom stereocenters. The molecular formula is C22H21N3O3. The van der Waals surface area contributed by atoms with Crippen molar-refractivity contribution in [3.05, 3.63) is 77.6 Å². The van der Waals surface area contributed by atoms with Crippen LogP contribution in [0.25, 0.3) is 17.0 Å². The lowest BCUT2D eigenvalue weighted by molar-refractivity contribution is -0.123. The van der Waals surface area contributed by atoms with Gasteiger partial charge in [-0.3, -0.25) is 9.59 Å². The van der Waals surface area contributed by atoms with Crippen molar-refractivity contribution in [3.63, 3.8) is 0 Å². The fourth-order valence-corrected chi connectivity index (χ4v) is 2.98. The summed E-state index contributed by atoms with van der Waals surface area (Å²) in [7, 11) is 0. The molecule has 6 heteroatoms. The first-order valence-corrected chi connectivity index (χ1v) is 8.92. The summed E-state index contributed by atoms with van der Waals surface area (Å²) in [5, 5.41) is 6.23. The second kappa shape index (κ2) is 8.81. The number of aldehydes is 1. The minimum absolute atomic E-state index is 0.0875. The maximum absolute atomic E-state index is 12.7. The van der Waals surface area contributed by atoms with Crippen molar-refractivity contribution in [2.24, 2.45) is 0 Å². The number of carbonyl (C=O) groups is 3. The van der Waals surface area contributed by atoms with E-state index in [1.165, 1.54) is 6.92 Å². The van der Waals surface area contributed by atoms with Crippen molar-refractivity contribution < 1.29 is 14.4 Å². The SMILES string of the molecule is CC(=O)NC(=Cc1ccccc1)C(=O)NC(C=O)Cc1c[nH]c2ccccc12. The molecule has 1 unspecified atom stereocenters. The van der Waals surface area contributed by atoms with E-state index in [-0.39, 0.29) is 11.6 Å². The smallest absolute Gasteiger partial charge is 0.268 e. The standard InChI is InChI=1S/C22H21N3O3/c1-15(27)24-21(11-16-7-3-2-4-8-16)22(28)25-18(14-26)12-17-13-23-20-10-6-5-9-19(17)20/h2-11,13-14,18,23H,12H2,1H3,(H,24,27)(H,25,28). The third kappa shape index (κ3) is 4.73. The van der Waals surface area contributed by atoms with Crippen LogP contribution in [-0.4, -0.2) is 29.1 Å². The van der Waals surface area contributed by atoms with Gasteiger partial charge in [0.05, 0.1) is 6.04 Å². The zero-order valence-corrected chi connectivity index (χ0v) is 15.4. The molecule has 0 aliphatic heterocycles. The van der Waals surface area contributed by atoms with Crippen molar-refractivity contribution >= 4 is 35.1 Å². The van der Waals surface area contributed by atoms with Crippen LogP contribution < -0.4 is 10.6 Å². The summed E-state index contributed by atoms with van der Waals surface area (Å²) in [5.41, 5.74) is 2.75. The summed E-state index contributed by atoms with van der Waals surface area (Å²) in [5.74, 6) is -0.882. The molecule has 2 aromatic carbocycles. The number of para-hydroxylation sites is 1. The van der Waals surface area contributed by atoms with Gasteiger partial charge in [0, 0.05) is 30.4 Å². The van der Waals surface area contributed by atoms with Gasteiger partial charge in [0.1, 0.15) is 12.0 Å². The Kier molecular flexibility index (Phi) is 6.01. The second-order valence-corrected chi connectivity index (χ2v) is 6.43. The Bertz CT molecular complexity index is 1020. The molecule has 1 heterocycles. The first kappa shape index (κ1) is 19.1. The van der Waals surface area contributed by atoms with Gasteiger partial charge in [-0.15, -0.1) is 0 Å². The maximum Gasteiger partial charge on any atom is 0.268 e. The van der Waals surface area contributed by atoms with Crippen molar-refractivity contribution in [3.8, 4) is 0 Å². The van der Waals surface area contributed by atoms with E-state index in [0.717, 1.165) is 22.0 Å². The number of nitrogens with one attached hydrogen (secondary N) is 3. The Morgan fingerprint density at radius 2 is 1.79 bits per heavy atom. The van der Waals surface area contributed by atoms with E-state index in [1.807, 2.05) is 60.8 Å². The van der Waals surface area contributed by atoms with Crippen LogP contribution in [0.5, 0.6) is 0 Å². The molecular weight excluding hydrogens is 354 g/mol. The molecule has 0 saturated carbocycles. The quantitative estimate of drug-likeness (QED) is 0.438. The molecule has 1 aromatic heterocycles. The summed E-state index contributed by atoms with van der Waals surface area (Å²) in [6.45, 7) is 1.33. The highest BCUT2D eigenvalue weighted by molar-refractivity contribution is 6.01. The van der Waals surface area contributed by atoms with Gasteiger partial charge in [-0.25, -0.2) is 0 Å². The van der Waals surface area contributed by atoms with E-state index >= 15 is 0 Å². The Morgan fingerprint density at radius 1 is 1.07 bits per heavy atom. The molecule has 3 rings (SSSR count). The largest absolute Gasteiger partial charge is 0.361 e. The molecule has 0 bridgehead atoms. The van der Waals surface area contributed by atoms with Crippen LogP contribution in [0.3, 0.4) is 0 Å². The number of aromatic amines is 1. The molecule has 0 saturated heterocycles. The number of H-pyrrole nitrogens is 1. The van der Waals surface area contributed by atoms with Crippen LogP contribution in [0.4, 0.5) is 0 Å². The Morgan fingerprint density at radius 3 is 2.50 bits per heavy atom. The monoisotopic (exact) mass is 375 g/mol. The number of aromatic nitrogens is 1. The highest BCUT2D eigenvalue weighted by Crippen LogP contribution is 2.19. The highest BCUT2D eigenvalue weighted by atomic mass is 16.2. The molecule has 3 aromatic rings. The van der Waals surface area contributed by atoms with Crippen LogP contribution in [0, 0.1) is 0 Å². The number of carbonyl (C=O) groups excluding carboxylic acids is 3. The topological polar surface area (TPSA) is 91.1 Å². The molecule has 142 valence electrons. The molecule has 0 aliphatic carbocycles. The minimum Gasteiger partial charge on any atom is -0.361 e. The Balaban J connectivity index is 1.78. The lowest BCUT2D eigenvalue weighted by atomic mass is 10.1. The molecule has 0 aliphatic rings. The predicted octanol–water partition coefficient (Wildman–Crippen LogP) is 2.57. The molecule has 6 nitrogen and oxygen atoms in total. The van der Waals surface area contributed by atoms with E-state index in [9.17, 15) is 14.4 Å². The summed E-state index contributed by atoms with van der Waals surface area (Å²) < 4.78 is 0. The van der Waals surface area contributed by atoms with E-state index in [0.29, 0.717) is 12.7 Å². The van der Waals surface area contributed by atoms with Crippen LogP contribution >= 0.6 is 0 Å². The van der Waals surface area contributed by atoms with E-state index < -0.39 is 11.9 Å². The van der Waals surface area contributed by atoms with Crippen molar-refractivity contribution in [1.29, 1.82) is 0 Å². The third-order valence-corrected chi connectivity index (χ3v) is 4.26. The number of benzene rings is 2. The van der Waals surface area contributed by atoms with Crippen molar-refractivity contribution in [2.45, 2.75) is 19.4 Å². The molecule has 0 radical (unpaired) electrons. The summed E-state index contributed by atoms with van der Waals surface area (Å²) >= 11 is 0. The summed E-state index contributed by atoms with van der Waals surface area (Å²) in [6, 6.07) is 16.2. The average molecular weight is 375 g/mol. The summed E-state index contributed by atoms with van der Waals surface area (Å²) in [4.78, 5) is 38.9. The average Bonchev–Trinajstić information content (AvgIpc) is 3.10. The van der Waals surface area contributed by atoms with Gasteiger partial charge < -0.3 is 20.4 Å². The molecule has 0 spiro atoms. The molecule has 2 amide bonds. The Labute approximate surface area is 162 Å². The lowest BCUT2D eigenvalue weighted by Crippen LogP contribution is -2.41. The third-order valence-electron chi connectivity index (χ3n) is 4.26. The van der Waals surface area contributed by atoms with Gasteiger partial charge in [0.2, 0.25) is 5.91 Å². The fourth-order valence-electron chi connectivity index (χ4n) is 2.98. The van der Waals surface area contributed by atoms with Gasteiger partial charge in [0.15, 0.2) is 0 Å². The van der Waals surface area contributed by atoms with Crippen LogP contribution in [0.1, 0.15) is 18.1 Å². The number of hydrogen-bond acceptors (Lipinski definition) is 3. The van der Waals surface area contributed by atoms with Gasteiger partial charge in [-0.05, 0) is 23.3 Å². The van der Waals surface area contributed by atoms with Crippen molar-refractivity contribution in [2.75, 3.05) is 0 Å². The van der Waals surface area contributed by atoms with E-state index in [4.69, 9.17) is 0 Å². The minimum atomic E-state index is -0.723. The normalized spacial score (nSPS) is 12.4. The first-order chi connectivity index (χ1) is 13.6. The van der Waals surface area contributed by atoms with Crippen LogP contribution in [0.15, 0.2) is 66.5 Å². The highest BCUT2D eigenvalue weighted by Gasteiger charge is 2.18. The molecule has 0 fully saturated rings. The van der Waals surface area contributed by atoms with Gasteiger partial charge >= 0.3 is 0 Å². The lowest BCUT2D eigenvalue weighted by Gasteiger charge is -2.15. The number of fused-ring (bicyclic) bond motifs is 1. The van der Waals surface area contributed by atoms with Crippen LogP contribution in [0.2, 0.25) is 0 Å². The number of amides is 2. The Hall–Kier alpha value is -3.67. The first-order valence-electron chi connectivity index (χ1n) is 8.92. The number of rotatable bonds is 7. The van der Waals surface area contributed by atoms with Crippen LogP contribution in [-0.2, 0) is 20.8 Å². The van der Waals surface area contributed by atoms with Gasteiger partial charge in [-0.2, -0.15) is 0 Å². The molecule has 28 heavy (non-hydrogen) atoms. The van der Waals surface area contributed by atoms with Crippen molar-refractivity contribution in [1.82, 2.24) is 15.6 Å². The summed E-state index contributed by atoms with van der Waals surface area (Å²) in [6.07, 6.45) is 4.46. The maximum atomic E-state index is 12.7. The fraction of sp³-hybridized carbons (Fsp3) is 0.136. The zero-order chi connectivity index (χ0) is 19.9. The second-order valence-electron chi connectivity index (χ2n) is 6.43. The van der Waals surface area contributed by atoms with Gasteiger partial charge in [-0.1, -0.05) is 48.5 Å².